The fourth-order valence-electron chi connectivity index (χ4n) is 17.0. The molecule has 16 heteroatoms. The van der Waals surface area contributed by atoms with Crippen molar-refractivity contribution in [3.05, 3.63) is 407 Å². The van der Waals surface area contributed by atoms with Gasteiger partial charge in [0.05, 0.1) is 68.8 Å². The topological polar surface area (TPSA) is 185 Å². The van der Waals surface area contributed by atoms with Gasteiger partial charge in [0.2, 0.25) is 0 Å². The van der Waals surface area contributed by atoms with E-state index in [9.17, 15) is 0 Å². The predicted octanol–water partition coefficient (Wildman–Crippen LogP) is 25.4. The molecule has 0 fully saturated rings. The summed E-state index contributed by atoms with van der Waals surface area (Å²) in [6, 6.07) is 133. The van der Waals surface area contributed by atoms with Gasteiger partial charge in [-0.05, 0) is 131 Å². The highest BCUT2D eigenvalue weighted by molar-refractivity contribution is 6.14. The maximum absolute atomic E-state index is 4.99. The molecule has 10 aromatic heterocycles. The summed E-state index contributed by atoms with van der Waals surface area (Å²) in [7, 11) is 0. The fraction of sp³-hybridized carbons (Fsp3) is 0. The number of fused-ring (bicyclic) bond motifs is 12. The molecule has 0 spiro atoms. The van der Waals surface area contributed by atoms with Gasteiger partial charge in [-0.1, -0.05) is 279 Å². The second kappa shape index (κ2) is 30.6. The quantitative estimate of drug-likeness (QED) is 0.109. The maximum atomic E-state index is 4.99. The number of hydrogen-bond donors (Lipinski definition) is 1. The minimum Gasteiger partial charge on any atom is -0.355 e. The van der Waals surface area contributed by atoms with Gasteiger partial charge >= 0.3 is 0 Å². The molecule has 580 valence electrons. The first-order valence-corrected chi connectivity index (χ1v) is 41.1. The van der Waals surface area contributed by atoms with Crippen molar-refractivity contribution < 1.29 is 0 Å². The lowest BCUT2D eigenvalue weighted by Gasteiger charge is -2.11. The maximum Gasteiger partial charge on any atom is 0.182 e. The number of pyridine rings is 3. The van der Waals surface area contributed by atoms with E-state index >= 15 is 0 Å². The van der Waals surface area contributed by atoms with Crippen LogP contribution in [-0.4, -0.2) is 78.5 Å². The van der Waals surface area contributed by atoms with E-state index in [2.05, 4.69) is 207 Å². The SMILES string of the molecule is c1ccc(-c2nc(-c3ccccc3)nc(-c3ccc(-n4c5ccccc5c5cc(-c6ccc7[nH]c8ccccc8c7c6)ccc54)cn3)n2)cc1.c1ccc(-c2nc(-c3ccccc3)nc(-c3ccc(-n4c5ccccc5c5cc(-c6ccc7c(c6)c6ccccc6n7-c6ccc(-c7nc(-c8ccccc8)nc(-c8ccccc8)n7)nc6)ccc54)cn3)n2)cc1. The molecule has 0 aliphatic heterocycles. The zero-order valence-corrected chi connectivity index (χ0v) is 66.4. The summed E-state index contributed by atoms with van der Waals surface area (Å²) in [5.74, 6) is 5.17. The van der Waals surface area contributed by atoms with Crippen LogP contribution < -0.4 is 0 Å². The van der Waals surface area contributed by atoms with Crippen LogP contribution in [0.25, 0.3) is 229 Å². The van der Waals surface area contributed by atoms with E-state index in [1.54, 1.807) is 0 Å². The van der Waals surface area contributed by atoms with E-state index in [1.807, 2.05) is 219 Å². The monoisotopic (exact) mass is 1590 g/mol. The van der Waals surface area contributed by atoms with Crippen LogP contribution in [0.4, 0.5) is 0 Å². The first kappa shape index (κ1) is 72.0. The minimum atomic E-state index is 0.512. The number of hydrogen-bond acceptors (Lipinski definition) is 12. The number of H-pyrrole nitrogens is 1. The number of benzene rings is 14. The molecule has 24 aromatic rings. The summed E-state index contributed by atoms with van der Waals surface area (Å²) in [4.78, 5) is 62.4. The number of para-hydroxylation sites is 4. The lowest BCUT2D eigenvalue weighted by atomic mass is 10.0. The van der Waals surface area contributed by atoms with Crippen molar-refractivity contribution in [1.82, 2.24) is 78.5 Å². The summed E-state index contributed by atoms with van der Waals surface area (Å²) in [5.41, 5.74) is 23.9. The molecule has 0 unspecified atom stereocenters. The predicted molar refractivity (Wildman–Crippen MR) is 499 cm³/mol. The van der Waals surface area contributed by atoms with Crippen LogP contribution in [0, 0.1) is 0 Å². The van der Waals surface area contributed by atoms with E-state index < -0.39 is 0 Å². The first-order valence-electron chi connectivity index (χ1n) is 41.1. The number of nitrogens with one attached hydrogen (secondary N) is 1. The number of aromatic amines is 1. The van der Waals surface area contributed by atoms with Crippen molar-refractivity contribution in [2.24, 2.45) is 0 Å². The second-order valence-electron chi connectivity index (χ2n) is 30.5. The second-order valence-corrected chi connectivity index (χ2v) is 30.5. The Morgan fingerprint density at radius 3 is 0.685 bits per heavy atom. The fourth-order valence-corrected chi connectivity index (χ4v) is 17.0. The highest BCUT2D eigenvalue weighted by Gasteiger charge is 2.23. The largest absolute Gasteiger partial charge is 0.355 e. The normalized spacial score (nSPS) is 11.5. The van der Waals surface area contributed by atoms with Crippen LogP contribution in [0.15, 0.2) is 407 Å². The Morgan fingerprint density at radius 1 is 0.161 bits per heavy atom. The first-order chi connectivity index (χ1) is 61.4. The average Bonchev–Trinajstić information content (AvgIpc) is 1.59. The van der Waals surface area contributed by atoms with E-state index in [-0.39, 0.29) is 0 Å². The highest BCUT2D eigenvalue weighted by atomic mass is 15.1. The Bertz CT molecular complexity index is 7730. The third kappa shape index (κ3) is 13.2. The van der Waals surface area contributed by atoms with Gasteiger partial charge in [0.25, 0.3) is 0 Å². The van der Waals surface area contributed by atoms with E-state index in [0.29, 0.717) is 69.5 Å². The van der Waals surface area contributed by atoms with Crippen LogP contribution in [0.3, 0.4) is 0 Å². The Morgan fingerprint density at radius 2 is 0.395 bits per heavy atom. The Balaban J connectivity index is 0.000000154. The molecular weight excluding hydrogens is 1520 g/mol. The average molecular weight is 1590 g/mol. The summed E-state index contributed by atoms with van der Waals surface area (Å²) in [6.07, 6.45) is 5.73. The molecule has 124 heavy (non-hydrogen) atoms. The number of rotatable bonds is 14. The molecule has 0 bridgehead atoms. The lowest BCUT2D eigenvalue weighted by Crippen LogP contribution is -2.02. The number of aromatic nitrogens is 16. The van der Waals surface area contributed by atoms with Gasteiger partial charge in [-0.25, -0.2) is 44.9 Å². The lowest BCUT2D eigenvalue weighted by molar-refractivity contribution is 1.05. The Labute approximate surface area is 710 Å². The van der Waals surface area contributed by atoms with Crippen molar-refractivity contribution in [2.45, 2.75) is 0 Å². The van der Waals surface area contributed by atoms with Crippen molar-refractivity contribution >= 4 is 87.2 Å². The molecule has 0 amide bonds. The van der Waals surface area contributed by atoms with Crippen molar-refractivity contribution in [3.8, 4) is 142 Å². The highest BCUT2D eigenvalue weighted by Crippen LogP contribution is 2.42. The molecule has 0 atom stereocenters. The van der Waals surface area contributed by atoms with Gasteiger partial charge in [0.15, 0.2) is 52.4 Å². The van der Waals surface area contributed by atoms with Gasteiger partial charge < -0.3 is 18.7 Å². The van der Waals surface area contributed by atoms with Crippen molar-refractivity contribution in [3.63, 3.8) is 0 Å². The van der Waals surface area contributed by atoms with E-state index in [0.717, 1.165) is 127 Å². The molecule has 24 rings (SSSR count). The van der Waals surface area contributed by atoms with Gasteiger partial charge in [-0.3, -0.25) is 15.0 Å². The van der Waals surface area contributed by atoms with E-state index in [1.165, 1.54) is 32.7 Å². The molecule has 0 aliphatic rings. The molecule has 16 nitrogen and oxygen atoms in total. The van der Waals surface area contributed by atoms with Crippen LogP contribution in [0.1, 0.15) is 0 Å². The van der Waals surface area contributed by atoms with Crippen LogP contribution in [0.2, 0.25) is 0 Å². The summed E-state index contributed by atoms with van der Waals surface area (Å²) >= 11 is 0. The molecule has 14 aromatic carbocycles. The molecule has 0 saturated carbocycles. The van der Waals surface area contributed by atoms with Gasteiger partial charge in [-0.15, -0.1) is 0 Å². The van der Waals surface area contributed by atoms with Gasteiger partial charge in [0, 0.05) is 87.5 Å². The van der Waals surface area contributed by atoms with Gasteiger partial charge in [0.1, 0.15) is 17.1 Å². The van der Waals surface area contributed by atoms with Crippen LogP contribution in [0.5, 0.6) is 0 Å². The van der Waals surface area contributed by atoms with Gasteiger partial charge in [-0.2, -0.15) is 0 Å². The standard InChI is InChI=1S/C64H40N10.C44H28N6/c1-5-17-41(18-6-1)59-67-60(42-19-7-2-8-20-42)70-63(69-59)53-33-31-47(39-65-53)73-55-27-15-13-25-49(55)51-37-45(29-35-57(51)73)46-30-36-58-52(38-46)50-26-14-16-28-56(50)74(58)48-32-34-54(66-40-48)64-71-61(43-21-9-3-10-22-43)68-62(72-64)44-23-11-4-12-24-44;1-3-11-28(12-4-1)42-47-43(29-13-5-2-6-14-29)49-44(48-42)39-23-21-32(27-45-39)50-40-18-10-8-16-34(40)36-26-31(20-24-41(36)50)30-19-22-38-35(25-30)33-15-7-9-17-37(33)46-38/h1-40H;1-27,46H. The zero-order chi connectivity index (χ0) is 82.0. The molecular formula is C108H68N16. The molecule has 10 heterocycles. The number of nitrogens with zero attached hydrogens (tertiary/aromatic N) is 15. The molecule has 0 saturated heterocycles. The van der Waals surface area contributed by atoms with Crippen LogP contribution >= 0.6 is 0 Å². The Kier molecular flexibility index (Phi) is 17.8. The molecule has 0 aliphatic carbocycles. The smallest absolute Gasteiger partial charge is 0.182 e. The van der Waals surface area contributed by atoms with Crippen molar-refractivity contribution in [1.29, 1.82) is 0 Å². The summed E-state index contributed by atoms with van der Waals surface area (Å²) in [6.45, 7) is 0. The summed E-state index contributed by atoms with van der Waals surface area (Å²) < 4.78 is 6.85. The third-order valence-corrected chi connectivity index (χ3v) is 23.0. The van der Waals surface area contributed by atoms with Crippen LogP contribution in [-0.2, 0) is 0 Å². The van der Waals surface area contributed by atoms with E-state index in [4.69, 9.17) is 59.8 Å². The Hall–Kier alpha value is -17.2. The molecule has 1 N–H and O–H groups in total. The van der Waals surface area contributed by atoms with Crippen molar-refractivity contribution in [2.75, 3.05) is 0 Å². The molecule has 0 radical (unpaired) electrons. The zero-order valence-electron chi connectivity index (χ0n) is 66.4. The summed E-state index contributed by atoms with van der Waals surface area (Å²) in [5, 5.41) is 9.47. The third-order valence-electron chi connectivity index (χ3n) is 23.0. The minimum absolute atomic E-state index is 0.512.